The summed E-state index contributed by atoms with van der Waals surface area (Å²) in [5.41, 5.74) is 0. The Morgan fingerprint density at radius 1 is 1.73 bits per heavy atom. The number of amides is 1. The third-order valence-corrected chi connectivity index (χ3v) is 1.27. The van der Waals surface area contributed by atoms with Gasteiger partial charge in [-0.1, -0.05) is 6.08 Å². The average molecular weight is 157 g/mol. The monoisotopic (exact) mass is 157 g/mol. The Labute approximate surface area is 67.1 Å². The standard InChI is InChI=1S/C8H15NO2/c1-3-4-8(11)9-7(2)5-6-10/h3-4,7,10H,5-6H2,1-2H3,(H,9,11)/b4-3+. The van der Waals surface area contributed by atoms with E-state index in [1.54, 1.807) is 13.0 Å². The largest absolute Gasteiger partial charge is 0.396 e. The summed E-state index contributed by atoms with van der Waals surface area (Å²) >= 11 is 0. The first-order valence-corrected chi connectivity index (χ1v) is 3.74. The van der Waals surface area contributed by atoms with Crippen molar-refractivity contribution >= 4 is 5.91 Å². The molecule has 0 aromatic rings. The maximum absolute atomic E-state index is 10.8. The molecular weight excluding hydrogens is 142 g/mol. The van der Waals surface area contributed by atoms with Crippen LogP contribution in [0.3, 0.4) is 0 Å². The van der Waals surface area contributed by atoms with Crippen molar-refractivity contribution in [2.75, 3.05) is 6.61 Å². The molecule has 0 aliphatic rings. The Hall–Kier alpha value is -0.830. The fraction of sp³-hybridized carbons (Fsp3) is 0.625. The number of aliphatic hydroxyl groups excluding tert-OH is 1. The van der Waals surface area contributed by atoms with Gasteiger partial charge in [0.2, 0.25) is 5.91 Å². The Kier molecular flexibility index (Phi) is 5.47. The van der Waals surface area contributed by atoms with E-state index in [1.165, 1.54) is 6.08 Å². The molecule has 0 rings (SSSR count). The highest BCUT2D eigenvalue weighted by atomic mass is 16.3. The summed E-state index contributed by atoms with van der Waals surface area (Å²) in [6.45, 7) is 3.76. The van der Waals surface area contributed by atoms with Crippen LogP contribution in [0.25, 0.3) is 0 Å². The van der Waals surface area contributed by atoms with Crippen molar-refractivity contribution in [2.45, 2.75) is 26.3 Å². The fourth-order valence-corrected chi connectivity index (χ4v) is 0.708. The zero-order valence-electron chi connectivity index (χ0n) is 7.00. The normalized spacial score (nSPS) is 13.4. The van der Waals surface area contributed by atoms with Crippen LogP contribution in [0.1, 0.15) is 20.3 Å². The molecule has 0 radical (unpaired) electrons. The molecule has 0 saturated heterocycles. The van der Waals surface area contributed by atoms with E-state index in [9.17, 15) is 4.79 Å². The molecule has 0 fully saturated rings. The van der Waals surface area contributed by atoms with Crippen molar-refractivity contribution in [3.63, 3.8) is 0 Å². The number of rotatable bonds is 4. The molecule has 3 heteroatoms. The lowest BCUT2D eigenvalue weighted by Crippen LogP contribution is -2.31. The number of carbonyl (C=O) groups excluding carboxylic acids is 1. The minimum atomic E-state index is -0.103. The first-order valence-electron chi connectivity index (χ1n) is 3.74. The second-order valence-electron chi connectivity index (χ2n) is 2.42. The molecule has 11 heavy (non-hydrogen) atoms. The number of allylic oxidation sites excluding steroid dienone is 1. The van der Waals surface area contributed by atoms with Crippen LogP contribution < -0.4 is 5.32 Å². The molecule has 1 amide bonds. The molecular formula is C8H15NO2. The molecule has 0 bridgehead atoms. The Morgan fingerprint density at radius 2 is 2.36 bits per heavy atom. The van der Waals surface area contributed by atoms with Crippen molar-refractivity contribution in [2.24, 2.45) is 0 Å². The highest BCUT2D eigenvalue weighted by Crippen LogP contribution is 1.88. The van der Waals surface area contributed by atoms with Crippen molar-refractivity contribution < 1.29 is 9.90 Å². The summed E-state index contributed by atoms with van der Waals surface area (Å²) in [6, 6.07) is 0.0451. The second-order valence-corrected chi connectivity index (χ2v) is 2.42. The molecule has 0 aromatic carbocycles. The highest BCUT2D eigenvalue weighted by molar-refractivity contribution is 5.87. The lowest BCUT2D eigenvalue weighted by atomic mass is 10.2. The van der Waals surface area contributed by atoms with Crippen LogP contribution in [0.15, 0.2) is 12.2 Å². The van der Waals surface area contributed by atoms with E-state index in [1.807, 2.05) is 6.92 Å². The molecule has 0 aliphatic heterocycles. The van der Waals surface area contributed by atoms with Gasteiger partial charge in [0.15, 0.2) is 0 Å². The summed E-state index contributed by atoms with van der Waals surface area (Å²) in [4.78, 5) is 10.8. The van der Waals surface area contributed by atoms with Crippen molar-refractivity contribution in [3.8, 4) is 0 Å². The summed E-state index contributed by atoms with van der Waals surface area (Å²) in [5.74, 6) is -0.103. The number of hydrogen-bond acceptors (Lipinski definition) is 2. The van der Waals surface area contributed by atoms with E-state index in [4.69, 9.17) is 5.11 Å². The van der Waals surface area contributed by atoms with E-state index in [0.29, 0.717) is 6.42 Å². The van der Waals surface area contributed by atoms with Crippen LogP contribution in [0.5, 0.6) is 0 Å². The van der Waals surface area contributed by atoms with Gasteiger partial charge < -0.3 is 10.4 Å². The third-order valence-electron chi connectivity index (χ3n) is 1.27. The van der Waals surface area contributed by atoms with Gasteiger partial charge in [-0.05, 0) is 26.3 Å². The van der Waals surface area contributed by atoms with E-state index >= 15 is 0 Å². The molecule has 0 aliphatic carbocycles. The smallest absolute Gasteiger partial charge is 0.243 e. The average Bonchev–Trinajstić information content (AvgIpc) is 1.87. The maximum Gasteiger partial charge on any atom is 0.243 e. The predicted octanol–water partition coefficient (Wildman–Crippen LogP) is 0.450. The molecule has 0 saturated carbocycles. The van der Waals surface area contributed by atoms with E-state index in [-0.39, 0.29) is 18.6 Å². The van der Waals surface area contributed by atoms with Crippen LogP contribution in [0.4, 0.5) is 0 Å². The van der Waals surface area contributed by atoms with Gasteiger partial charge in [-0.3, -0.25) is 4.79 Å². The summed E-state index contributed by atoms with van der Waals surface area (Å²) < 4.78 is 0. The maximum atomic E-state index is 10.8. The van der Waals surface area contributed by atoms with Gasteiger partial charge in [0.25, 0.3) is 0 Å². The molecule has 1 atom stereocenters. The van der Waals surface area contributed by atoms with Crippen molar-refractivity contribution in [1.82, 2.24) is 5.32 Å². The van der Waals surface area contributed by atoms with Gasteiger partial charge in [-0.15, -0.1) is 0 Å². The van der Waals surface area contributed by atoms with Gasteiger partial charge in [-0.25, -0.2) is 0 Å². The minimum absolute atomic E-state index is 0.0451. The molecule has 0 spiro atoms. The van der Waals surface area contributed by atoms with Crippen LogP contribution in [0, 0.1) is 0 Å². The van der Waals surface area contributed by atoms with Crippen molar-refractivity contribution in [3.05, 3.63) is 12.2 Å². The van der Waals surface area contributed by atoms with Gasteiger partial charge in [0.1, 0.15) is 0 Å². The molecule has 1 unspecified atom stereocenters. The third kappa shape index (κ3) is 5.61. The van der Waals surface area contributed by atoms with Crippen LogP contribution in [-0.4, -0.2) is 23.7 Å². The Morgan fingerprint density at radius 3 is 2.82 bits per heavy atom. The highest BCUT2D eigenvalue weighted by Gasteiger charge is 2.01. The van der Waals surface area contributed by atoms with Crippen molar-refractivity contribution in [1.29, 1.82) is 0 Å². The molecule has 64 valence electrons. The number of aliphatic hydroxyl groups is 1. The zero-order valence-corrected chi connectivity index (χ0v) is 7.00. The number of hydrogen-bond donors (Lipinski definition) is 2. The SMILES string of the molecule is C/C=C/C(=O)NC(C)CCO. The lowest BCUT2D eigenvalue weighted by molar-refractivity contribution is -0.117. The molecule has 0 aromatic heterocycles. The summed E-state index contributed by atoms with van der Waals surface area (Å²) in [5, 5.41) is 11.2. The van der Waals surface area contributed by atoms with Gasteiger partial charge in [-0.2, -0.15) is 0 Å². The zero-order chi connectivity index (χ0) is 8.69. The predicted molar refractivity (Wildman–Crippen MR) is 44.1 cm³/mol. The molecule has 3 nitrogen and oxygen atoms in total. The quantitative estimate of drug-likeness (QED) is 0.582. The van der Waals surface area contributed by atoms with Crippen LogP contribution >= 0.6 is 0 Å². The van der Waals surface area contributed by atoms with Gasteiger partial charge in [0.05, 0.1) is 0 Å². The van der Waals surface area contributed by atoms with E-state index in [0.717, 1.165) is 0 Å². The van der Waals surface area contributed by atoms with Gasteiger partial charge in [0, 0.05) is 12.6 Å². The fourth-order valence-electron chi connectivity index (χ4n) is 0.708. The minimum Gasteiger partial charge on any atom is -0.396 e. The van der Waals surface area contributed by atoms with E-state index < -0.39 is 0 Å². The number of nitrogens with one attached hydrogen (secondary N) is 1. The van der Waals surface area contributed by atoms with Gasteiger partial charge >= 0.3 is 0 Å². The number of carbonyl (C=O) groups is 1. The first-order chi connectivity index (χ1) is 5.20. The lowest BCUT2D eigenvalue weighted by Gasteiger charge is -2.09. The van der Waals surface area contributed by atoms with Crippen LogP contribution in [0.2, 0.25) is 0 Å². The Bertz CT molecular complexity index is 143. The first kappa shape index (κ1) is 10.2. The molecule has 2 N–H and O–H groups in total. The summed E-state index contributed by atoms with van der Waals surface area (Å²) in [6.07, 6.45) is 3.75. The molecule has 0 heterocycles. The van der Waals surface area contributed by atoms with Crippen LogP contribution in [-0.2, 0) is 4.79 Å². The Balaban J connectivity index is 3.57. The van der Waals surface area contributed by atoms with E-state index in [2.05, 4.69) is 5.32 Å². The summed E-state index contributed by atoms with van der Waals surface area (Å²) in [7, 11) is 0. The second kappa shape index (κ2) is 5.92. The topological polar surface area (TPSA) is 49.3 Å².